The zero-order chi connectivity index (χ0) is 18.3. The normalized spacial score (nSPS) is 20.8. The maximum absolute atomic E-state index is 14.6. The van der Waals surface area contributed by atoms with Crippen molar-refractivity contribution in [3.63, 3.8) is 0 Å². The molecule has 2 atom stereocenters. The molecule has 0 bridgehead atoms. The third-order valence-corrected chi connectivity index (χ3v) is 5.53. The molecule has 2 aromatic rings. The van der Waals surface area contributed by atoms with Crippen molar-refractivity contribution >= 4 is 17.5 Å². The van der Waals surface area contributed by atoms with E-state index in [1.165, 1.54) is 6.07 Å². The number of aromatic amines is 1. The highest BCUT2D eigenvalue weighted by Gasteiger charge is 2.30. The van der Waals surface area contributed by atoms with Crippen LogP contribution in [0, 0.1) is 5.82 Å². The molecule has 26 heavy (non-hydrogen) atoms. The van der Waals surface area contributed by atoms with Crippen molar-refractivity contribution in [1.29, 1.82) is 0 Å². The summed E-state index contributed by atoms with van der Waals surface area (Å²) in [6, 6.07) is 8.30. The molecule has 1 aromatic carbocycles. The molecule has 1 saturated carbocycles. The fraction of sp³-hybridized carbons (Fsp3) is 0.400. The Hall–Kier alpha value is -2.14. The molecule has 2 fully saturated rings. The van der Waals surface area contributed by atoms with Crippen LogP contribution >= 0.6 is 11.6 Å². The number of benzene rings is 1. The smallest absolute Gasteiger partial charge is 0.251 e. The molecule has 1 amide bonds. The van der Waals surface area contributed by atoms with Gasteiger partial charge in [0.05, 0.1) is 0 Å². The van der Waals surface area contributed by atoms with Crippen LogP contribution in [0.25, 0.3) is 0 Å². The van der Waals surface area contributed by atoms with E-state index < -0.39 is 5.82 Å². The second kappa shape index (κ2) is 6.88. The largest absolute Gasteiger partial charge is 0.353 e. The summed E-state index contributed by atoms with van der Waals surface area (Å²) in [4.78, 5) is 26.9. The minimum Gasteiger partial charge on any atom is -0.353 e. The van der Waals surface area contributed by atoms with Gasteiger partial charge < -0.3 is 10.3 Å². The van der Waals surface area contributed by atoms with Gasteiger partial charge in [-0.05, 0) is 55.4 Å². The Bertz CT molecular complexity index is 907. The maximum atomic E-state index is 14.6. The van der Waals surface area contributed by atoms with Gasteiger partial charge in [-0.1, -0.05) is 23.7 Å². The van der Waals surface area contributed by atoms with Crippen molar-refractivity contribution < 1.29 is 9.18 Å². The number of hydrogen-bond acceptors (Lipinski definition) is 2. The van der Waals surface area contributed by atoms with Gasteiger partial charge in [0.2, 0.25) is 5.91 Å². The number of halogens is 2. The van der Waals surface area contributed by atoms with Crippen LogP contribution in [0.15, 0.2) is 35.1 Å². The van der Waals surface area contributed by atoms with E-state index in [9.17, 15) is 14.0 Å². The molecule has 1 aliphatic heterocycles. The molecule has 4 nitrogen and oxygen atoms in total. The summed E-state index contributed by atoms with van der Waals surface area (Å²) in [6.45, 7) is 0. The molecule has 2 aliphatic rings. The second-order valence-corrected chi connectivity index (χ2v) is 7.67. The van der Waals surface area contributed by atoms with Crippen LogP contribution in [0.2, 0.25) is 5.02 Å². The Morgan fingerprint density at radius 3 is 2.58 bits per heavy atom. The quantitative estimate of drug-likeness (QED) is 0.835. The van der Waals surface area contributed by atoms with Crippen molar-refractivity contribution in [2.75, 3.05) is 0 Å². The molecule has 1 saturated heterocycles. The molecule has 0 radical (unpaired) electrons. The standard InChI is InChI=1S/C20H20ClFN2O2/c21-12-3-5-15(17(22)9-12)16(10-13-4-8-19(25)23-13)18-7-6-14(11-1-2-11)20(26)24-18/h3,5-7,9,11,13,16H,1-2,4,8,10H2,(H,23,25)(H,24,26)/t13-,16?/m1/s1. The fourth-order valence-corrected chi connectivity index (χ4v) is 3.92. The molecule has 2 heterocycles. The summed E-state index contributed by atoms with van der Waals surface area (Å²) in [7, 11) is 0. The van der Waals surface area contributed by atoms with Gasteiger partial charge in [-0.15, -0.1) is 0 Å². The summed E-state index contributed by atoms with van der Waals surface area (Å²) < 4.78 is 14.6. The zero-order valence-electron chi connectivity index (χ0n) is 14.2. The van der Waals surface area contributed by atoms with Gasteiger partial charge in [-0.2, -0.15) is 0 Å². The number of carbonyl (C=O) groups is 1. The van der Waals surface area contributed by atoms with Crippen LogP contribution in [0.5, 0.6) is 0 Å². The molecule has 0 spiro atoms. The lowest BCUT2D eigenvalue weighted by atomic mass is 9.87. The van der Waals surface area contributed by atoms with Gasteiger partial charge >= 0.3 is 0 Å². The van der Waals surface area contributed by atoms with E-state index in [1.54, 1.807) is 12.1 Å². The van der Waals surface area contributed by atoms with Gasteiger partial charge in [0.25, 0.3) is 5.56 Å². The highest BCUT2D eigenvalue weighted by atomic mass is 35.5. The summed E-state index contributed by atoms with van der Waals surface area (Å²) in [5, 5.41) is 3.26. The van der Waals surface area contributed by atoms with Crippen LogP contribution in [0.1, 0.15) is 60.8 Å². The van der Waals surface area contributed by atoms with Gasteiger partial charge in [-0.25, -0.2) is 4.39 Å². The van der Waals surface area contributed by atoms with E-state index in [0.717, 1.165) is 24.8 Å². The Labute approximate surface area is 155 Å². The van der Waals surface area contributed by atoms with E-state index in [0.29, 0.717) is 35.0 Å². The fourth-order valence-electron chi connectivity index (χ4n) is 3.76. The third kappa shape index (κ3) is 3.54. The van der Waals surface area contributed by atoms with Gasteiger partial charge in [0.1, 0.15) is 5.82 Å². The van der Waals surface area contributed by atoms with Crippen molar-refractivity contribution in [3.8, 4) is 0 Å². The first-order valence-electron chi connectivity index (χ1n) is 8.98. The summed E-state index contributed by atoms with van der Waals surface area (Å²) in [6.07, 6.45) is 3.83. The first-order valence-corrected chi connectivity index (χ1v) is 9.36. The number of aromatic nitrogens is 1. The van der Waals surface area contributed by atoms with E-state index >= 15 is 0 Å². The maximum Gasteiger partial charge on any atom is 0.251 e. The Morgan fingerprint density at radius 1 is 1.15 bits per heavy atom. The van der Waals surface area contributed by atoms with Gasteiger partial charge in [0.15, 0.2) is 0 Å². The average molecular weight is 375 g/mol. The van der Waals surface area contributed by atoms with Crippen LogP contribution in [-0.2, 0) is 4.79 Å². The van der Waals surface area contributed by atoms with Crippen LogP contribution in [0.4, 0.5) is 4.39 Å². The highest BCUT2D eigenvalue weighted by molar-refractivity contribution is 6.30. The minimum atomic E-state index is -0.404. The topological polar surface area (TPSA) is 62.0 Å². The average Bonchev–Trinajstić information content (AvgIpc) is 3.35. The molecule has 1 aliphatic carbocycles. The predicted molar refractivity (Wildman–Crippen MR) is 98.1 cm³/mol. The number of hydrogen-bond donors (Lipinski definition) is 2. The van der Waals surface area contributed by atoms with Crippen LogP contribution in [0.3, 0.4) is 0 Å². The first kappa shape index (κ1) is 17.3. The minimum absolute atomic E-state index is 0.0166. The van der Waals surface area contributed by atoms with Crippen molar-refractivity contribution in [2.45, 2.75) is 50.0 Å². The number of H-pyrrole nitrogens is 1. The SMILES string of the molecule is O=C1CC[C@H](CC(c2ccc(C3CC3)c(=O)[nH]2)c2ccc(Cl)cc2F)N1. The van der Waals surface area contributed by atoms with E-state index in [-0.39, 0.29) is 23.4 Å². The number of carbonyl (C=O) groups excluding carboxylic acids is 1. The van der Waals surface area contributed by atoms with Crippen molar-refractivity contribution in [3.05, 3.63) is 68.3 Å². The molecule has 136 valence electrons. The van der Waals surface area contributed by atoms with Gasteiger partial charge in [0, 0.05) is 34.7 Å². The lowest BCUT2D eigenvalue weighted by Crippen LogP contribution is -2.28. The molecule has 2 N–H and O–H groups in total. The van der Waals surface area contributed by atoms with Crippen molar-refractivity contribution in [1.82, 2.24) is 10.3 Å². The molecule has 6 heteroatoms. The summed E-state index contributed by atoms with van der Waals surface area (Å²) in [5.41, 5.74) is 1.85. The monoisotopic (exact) mass is 374 g/mol. The second-order valence-electron chi connectivity index (χ2n) is 7.23. The number of pyridine rings is 1. The van der Waals surface area contributed by atoms with E-state index in [4.69, 9.17) is 11.6 Å². The molecular weight excluding hydrogens is 355 g/mol. The molecule has 1 aromatic heterocycles. The summed E-state index contributed by atoms with van der Waals surface area (Å²) in [5.74, 6) is -0.383. The lowest BCUT2D eigenvalue weighted by Gasteiger charge is -2.22. The predicted octanol–water partition coefficient (Wildman–Crippen LogP) is 3.85. The molecular formula is C20H20ClFN2O2. The first-order chi connectivity index (χ1) is 12.5. The number of rotatable bonds is 5. The van der Waals surface area contributed by atoms with Crippen LogP contribution in [-0.4, -0.2) is 16.9 Å². The number of amides is 1. The van der Waals surface area contributed by atoms with Crippen LogP contribution < -0.4 is 10.9 Å². The molecule has 4 rings (SSSR count). The summed E-state index contributed by atoms with van der Waals surface area (Å²) >= 11 is 5.89. The number of nitrogens with one attached hydrogen (secondary N) is 2. The Morgan fingerprint density at radius 2 is 1.96 bits per heavy atom. The van der Waals surface area contributed by atoms with Gasteiger partial charge in [-0.3, -0.25) is 9.59 Å². The lowest BCUT2D eigenvalue weighted by molar-refractivity contribution is -0.119. The Kier molecular flexibility index (Phi) is 4.57. The van der Waals surface area contributed by atoms with Crippen molar-refractivity contribution in [2.24, 2.45) is 0 Å². The zero-order valence-corrected chi connectivity index (χ0v) is 15.0. The third-order valence-electron chi connectivity index (χ3n) is 5.30. The van der Waals surface area contributed by atoms with E-state index in [2.05, 4.69) is 10.3 Å². The highest BCUT2D eigenvalue weighted by Crippen LogP contribution is 2.39. The Balaban J connectivity index is 1.70. The molecule has 1 unspecified atom stereocenters. The van der Waals surface area contributed by atoms with E-state index in [1.807, 2.05) is 12.1 Å².